The average Bonchev–Trinajstić information content (AvgIpc) is 2.82. The first-order valence-electron chi connectivity index (χ1n) is 10.9. The van der Waals surface area contributed by atoms with E-state index in [-0.39, 0.29) is 11.1 Å². The van der Waals surface area contributed by atoms with Gasteiger partial charge >= 0.3 is 17.9 Å². The van der Waals surface area contributed by atoms with E-state index in [1.165, 1.54) is 19.9 Å². The lowest BCUT2D eigenvalue weighted by Crippen LogP contribution is -2.60. The Hall–Kier alpha value is -2.55. The Balaban J connectivity index is 2.44. The van der Waals surface area contributed by atoms with Crippen molar-refractivity contribution in [1.82, 2.24) is 0 Å². The number of aliphatic carboxylic acids is 1. The van der Waals surface area contributed by atoms with Crippen LogP contribution < -0.4 is 0 Å². The third kappa shape index (κ3) is 6.57. The number of carbonyl (C=O) groups excluding carboxylic acids is 2. The molecule has 2 heterocycles. The fourth-order valence-corrected chi connectivity index (χ4v) is 3.91. The van der Waals surface area contributed by atoms with Crippen molar-refractivity contribution in [2.45, 2.75) is 70.3 Å². The molecular formula is C22H32O13. The molecule has 2 aliphatic heterocycles. The molecule has 1 fully saturated rings. The molecule has 0 saturated carbocycles. The molecule has 0 bridgehead atoms. The highest BCUT2D eigenvalue weighted by Gasteiger charge is 2.50. The number of esters is 2. The van der Waals surface area contributed by atoms with Crippen molar-refractivity contribution in [2.75, 3.05) is 13.7 Å². The zero-order valence-corrected chi connectivity index (χ0v) is 19.8. The Labute approximate surface area is 201 Å². The van der Waals surface area contributed by atoms with E-state index in [2.05, 4.69) is 0 Å². The van der Waals surface area contributed by atoms with E-state index in [9.17, 15) is 39.9 Å². The van der Waals surface area contributed by atoms with Crippen molar-refractivity contribution in [3.05, 3.63) is 23.5 Å². The van der Waals surface area contributed by atoms with Gasteiger partial charge in [0.25, 0.3) is 0 Å². The lowest BCUT2D eigenvalue weighted by molar-refractivity contribution is -0.344. The topological polar surface area (TPSA) is 199 Å². The largest absolute Gasteiger partial charge is 0.481 e. The molecule has 3 unspecified atom stereocenters. The smallest absolute Gasteiger partial charge is 0.337 e. The van der Waals surface area contributed by atoms with Crippen LogP contribution in [0.15, 0.2) is 23.5 Å². The first-order valence-corrected chi connectivity index (χ1v) is 10.9. The third-order valence-electron chi connectivity index (χ3n) is 6.03. The van der Waals surface area contributed by atoms with Gasteiger partial charge in [-0.1, -0.05) is 6.08 Å². The van der Waals surface area contributed by atoms with Gasteiger partial charge in [0, 0.05) is 11.5 Å². The van der Waals surface area contributed by atoms with Crippen LogP contribution in [0.3, 0.4) is 0 Å². The van der Waals surface area contributed by atoms with Gasteiger partial charge in [-0.25, -0.2) is 9.59 Å². The molecule has 2 rings (SSSR count). The van der Waals surface area contributed by atoms with Crippen LogP contribution in [-0.4, -0.2) is 100 Å². The van der Waals surface area contributed by atoms with Crippen LogP contribution in [0.2, 0.25) is 0 Å². The number of carboxylic acids is 1. The van der Waals surface area contributed by atoms with Crippen LogP contribution in [0.25, 0.3) is 0 Å². The Kier molecular flexibility index (Phi) is 10.2. The number of aliphatic hydroxyl groups excluding tert-OH is 4. The fourth-order valence-electron chi connectivity index (χ4n) is 3.91. The van der Waals surface area contributed by atoms with Crippen LogP contribution in [0, 0.1) is 11.8 Å². The van der Waals surface area contributed by atoms with Gasteiger partial charge in [-0.15, -0.1) is 0 Å². The Bertz CT molecular complexity index is 835. The van der Waals surface area contributed by atoms with Gasteiger partial charge in [-0.3, -0.25) is 4.79 Å². The summed E-state index contributed by atoms with van der Waals surface area (Å²) >= 11 is 0. The quantitative estimate of drug-likeness (QED) is 0.186. The first-order chi connectivity index (χ1) is 16.5. The Morgan fingerprint density at radius 2 is 1.80 bits per heavy atom. The van der Waals surface area contributed by atoms with E-state index in [1.54, 1.807) is 6.92 Å². The SMILES string of the molecule is C/C=C(\C)C(=O)O[C@@H](C)C1C(O[C@@H]2O[C@H](CO)[C@@H](O)[C@H](O)[C@H]2O)OC=C(C(=O)OC)C1CC(=O)O. The number of methoxy groups -OCH3 is 1. The molecule has 0 radical (unpaired) electrons. The fraction of sp³-hybridized carbons (Fsp3) is 0.682. The molecule has 198 valence electrons. The van der Waals surface area contributed by atoms with Gasteiger partial charge in [-0.05, 0) is 20.8 Å². The maximum Gasteiger partial charge on any atom is 0.337 e. The highest BCUT2D eigenvalue weighted by molar-refractivity contribution is 5.90. The maximum absolute atomic E-state index is 12.4. The Morgan fingerprint density at radius 3 is 2.34 bits per heavy atom. The molecule has 2 aliphatic rings. The maximum atomic E-state index is 12.4. The second kappa shape index (κ2) is 12.4. The predicted molar refractivity (Wildman–Crippen MR) is 114 cm³/mol. The predicted octanol–water partition coefficient (Wildman–Crippen LogP) is -1.18. The molecular weight excluding hydrogens is 472 g/mol. The number of allylic oxidation sites excluding steroid dienone is 1. The van der Waals surface area contributed by atoms with E-state index in [1.807, 2.05) is 0 Å². The molecule has 13 nitrogen and oxygen atoms in total. The molecule has 0 aromatic rings. The minimum atomic E-state index is -1.77. The van der Waals surface area contributed by atoms with E-state index in [0.29, 0.717) is 0 Å². The number of hydrogen-bond donors (Lipinski definition) is 5. The van der Waals surface area contributed by atoms with Crippen molar-refractivity contribution in [1.29, 1.82) is 0 Å². The molecule has 0 aliphatic carbocycles. The lowest BCUT2D eigenvalue weighted by Gasteiger charge is -2.44. The standard InChI is InChI=1S/C22H32O13/c1-5-9(2)19(29)33-10(3)15-11(6-14(24)25)12(20(30)31-4)8-32-21(15)35-22-18(28)17(27)16(26)13(7-23)34-22/h5,8,10-11,13,15-18,21-23,26-28H,6-7H2,1-4H3,(H,24,25)/b9-5+/t10-,11?,13+,15?,16+,17-,18+,21?,22-/m0/s1. The van der Waals surface area contributed by atoms with Gasteiger partial charge in [0.05, 0.1) is 37.9 Å². The summed E-state index contributed by atoms with van der Waals surface area (Å²) in [6.07, 6.45) is -8.69. The number of hydrogen-bond acceptors (Lipinski definition) is 12. The second-order valence-electron chi connectivity index (χ2n) is 8.27. The van der Waals surface area contributed by atoms with Crippen molar-refractivity contribution >= 4 is 17.9 Å². The molecule has 0 aromatic heterocycles. The van der Waals surface area contributed by atoms with Gasteiger partial charge in [0.2, 0.25) is 6.29 Å². The van der Waals surface area contributed by atoms with Crippen LogP contribution in [0.5, 0.6) is 0 Å². The molecule has 0 aromatic carbocycles. The minimum absolute atomic E-state index is 0.140. The van der Waals surface area contributed by atoms with Gasteiger partial charge in [0.15, 0.2) is 6.29 Å². The van der Waals surface area contributed by atoms with Crippen molar-refractivity contribution in [3.8, 4) is 0 Å². The van der Waals surface area contributed by atoms with E-state index in [0.717, 1.165) is 13.4 Å². The van der Waals surface area contributed by atoms with Crippen LogP contribution >= 0.6 is 0 Å². The number of carbonyl (C=O) groups is 3. The molecule has 9 atom stereocenters. The summed E-state index contributed by atoms with van der Waals surface area (Å²) < 4.78 is 26.8. The third-order valence-corrected chi connectivity index (χ3v) is 6.03. The number of ether oxygens (including phenoxy) is 5. The number of carboxylic acid groups (broad SMARTS) is 1. The summed E-state index contributed by atoms with van der Waals surface area (Å²) in [6, 6.07) is 0. The van der Waals surface area contributed by atoms with Crippen molar-refractivity contribution < 1.29 is 63.6 Å². The summed E-state index contributed by atoms with van der Waals surface area (Å²) in [5.41, 5.74) is 0.137. The van der Waals surface area contributed by atoms with E-state index in [4.69, 9.17) is 23.7 Å². The monoisotopic (exact) mass is 504 g/mol. The van der Waals surface area contributed by atoms with Crippen LogP contribution in [0.4, 0.5) is 0 Å². The molecule has 0 spiro atoms. The first kappa shape index (κ1) is 28.7. The van der Waals surface area contributed by atoms with Gasteiger partial charge < -0.3 is 49.2 Å². The lowest BCUT2D eigenvalue weighted by atomic mass is 9.78. The molecule has 0 amide bonds. The summed E-state index contributed by atoms with van der Waals surface area (Å²) in [4.78, 5) is 36.4. The van der Waals surface area contributed by atoms with E-state index < -0.39 is 85.9 Å². The van der Waals surface area contributed by atoms with Crippen LogP contribution in [-0.2, 0) is 38.1 Å². The highest BCUT2D eigenvalue weighted by Crippen LogP contribution is 2.39. The molecule has 35 heavy (non-hydrogen) atoms. The number of aliphatic hydroxyl groups is 4. The normalized spacial score (nSPS) is 34.3. The van der Waals surface area contributed by atoms with Gasteiger partial charge in [0.1, 0.15) is 30.5 Å². The van der Waals surface area contributed by atoms with Crippen molar-refractivity contribution in [2.24, 2.45) is 11.8 Å². The molecule has 5 N–H and O–H groups in total. The summed E-state index contributed by atoms with van der Waals surface area (Å²) in [7, 11) is 1.10. The van der Waals surface area contributed by atoms with Gasteiger partial charge in [-0.2, -0.15) is 0 Å². The minimum Gasteiger partial charge on any atom is -0.481 e. The average molecular weight is 504 g/mol. The Morgan fingerprint density at radius 1 is 1.14 bits per heavy atom. The molecule has 13 heteroatoms. The second-order valence-corrected chi connectivity index (χ2v) is 8.27. The summed E-state index contributed by atoms with van der Waals surface area (Å²) in [5, 5.41) is 49.3. The highest BCUT2D eigenvalue weighted by atomic mass is 16.8. The van der Waals surface area contributed by atoms with Crippen LogP contribution in [0.1, 0.15) is 27.2 Å². The van der Waals surface area contributed by atoms with Crippen molar-refractivity contribution in [3.63, 3.8) is 0 Å². The van der Waals surface area contributed by atoms with E-state index >= 15 is 0 Å². The molecule has 1 saturated heterocycles. The summed E-state index contributed by atoms with van der Waals surface area (Å²) in [6.45, 7) is 3.89. The zero-order valence-electron chi connectivity index (χ0n) is 19.8. The zero-order chi connectivity index (χ0) is 26.4. The number of rotatable bonds is 9. The summed E-state index contributed by atoms with van der Waals surface area (Å²) in [5.74, 6) is -5.07.